The van der Waals surface area contributed by atoms with E-state index in [-0.39, 0.29) is 18.7 Å². The Hall–Kier alpha value is -1.75. The van der Waals surface area contributed by atoms with Crippen molar-refractivity contribution >= 4 is 6.03 Å². The van der Waals surface area contributed by atoms with Crippen LogP contribution in [0.5, 0.6) is 5.75 Å². The molecule has 1 aromatic carbocycles. The highest BCUT2D eigenvalue weighted by Crippen LogP contribution is 2.30. The highest BCUT2D eigenvalue weighted by atomic mass is 16.5. The second-order valence-corrected chi connectivity index (χ2v) is 5.78. The maximum Gasteiger partial charge on any atom is 0.315 e. The van der Waals surface area contributed by atoms with Crippen LogP contribution in [0.4, 0.5) is 4.79 Å². The number of hydrogen-bond acceptors (Lipinski definition) is 3. The van der Waals surface area contributed by atoms with Crippen LogP contribution < -0.4 is 15.4 Å². The van der Waals surface area contributed by atoms with Crippen molar-refractivity contribution in [3.05, 3.63) is 29.3 Å². The summed E-state index contributed by atoms with van der Waals surface area (Å²) in [7, 11) is 0. The van der Waals surface area contributed by atoms with Gasteiger partial charge >= 0.3 is 6.03 Å². The lowest BCUT2D eigenvalue weighted by molar-refractivity contribution is 0.220. The van der Waals surface area contributed by atoms with Crippen LogP contribution in [0.1, 0.15) is 30.9 Å². The topological polar surface area (TPSA) is 70.6 Å². The number of nitrogens with one attached hydrogen (secondary N) is 2. The summed E-state index contributed by atoms with van der Waals surface area (Å²) in [5.41, 5.74) is 2.11. The molecule has 1 saturated carbocycles. The number of carbonyl (C=O) groups is 1. The zero-order chi connectivity index (χ0) is 15.2. The van der Waals surface area contributed by atoms with Crippen molar-refractivity contribution in [2.24, 2.45) is 5.92 Å². The third-order valence-corrected chi connectivity index (χ3v) is 3.48. The molecule has 3 N–H and O–H groups in total. The number of aliphatic hydroxyl groups is 1. The van der Waals surface area contributed by atoms with E-state index < -0.39 is 0 Å². The van der Waals surface area contributed by atoms with Gasteiger partial charge in [0.15, 0.2) is 0 Å². The molecule has 1 aromatic rings. The molecule has 116 valence electrons. The molecule has 1 aliphatic carbocycles. The minimum absolute atomic E-state index is 0.0757. The molecule has 5 nitrogen and oxygen atoms in total. The summed E-state index contributed by atoms with van der Waals surface area (Å²) in [4.78, 5) is 11.7. The Balaban J connectivity index is 1.89. The molecule has 0 aromatic heterocycles. The minimum atomic E-state index is -0.287. The first kappa shape index (κ1) is 15.6. The molecule has 21 heavy (non-hydrogen) atoms. The smallest absolute Gasteiger partial charge is 0.315 e. The summed E-state index contributed by atoms with van der Waals surface area (Å²) in [6.45, 7) is 4.86. The van der Waals surface area contributed by atoms with Crippen LogP contribution in [0.25, 0.3) is 0 Å². The molecule has 0 bridgehead atoms. The highest BCUT2D eigenvalue weighted by molar-refractivity contribution is 5.74. The van der Waals surface area contributed by atoms with E-state index in [1.54, 1.807) is 6.92 Å². The fraction of sp³-hybridized carbons (Fsp3) is 0.562. The van der Waals surface area contributed by atoms with Crippen molar-refractivity contribution in [2.45, 2.75) is 39.3 Å². The zero-order valence-electron chi connectivity index (χ0n) is 12.7. The van der Waals surface area contributed by atoms with Gasteiger partial charge in [0, 0.05) is 12.1 Å². The number of aliphatic hydroxyl groups excluding tert-OH is 1. The number of urea groups is 1. The van der Waals surface area contributed by atoms with Crippen molar-refractivity contribution in [2.75, 3.05) is 13.2 Å². The van der Waals surface area contributed by atoms with Crippen LogP contribution in [0.15, 0.2) is 18.2 Å². The van der Waals surface area contributed by atoms with Crippen molar-refractivity contribution in [3.63, 3.8) is 0 Å². The van der Waals surface area contributed by atoms with Crippen LogP contribution in [-0.4, -0.2) is 30.4 Å². The fourth-order valence-corrected chi connectivity index (χ4v) is 1.93. The first-order valence-electron chi connectivity index (χ1n) is 7.46. The van der Waals surface area contributed by atoms with Gasteiger partial charge in [-0.1, -0.05) is 12.1 Å². The van der Waals surface area contributed by atoms with Crippen molar-refractivity contribution in [3.8, 4) is 5.75 Å². The predicted molar refractivity (Wildman–Crippen MR) is 81.3 cm³/mol. The summed E-state index contributed by atoms with van der Waals surface area (Å²) in [5, 5.41) is 14.3. The van der Waals surface area contributed by atoms with Gasteiger partial charge in [-0.15, -0.1) is 0 Å². The lowest BCUT2D eigenvalue weighted by Crippen LogP contribution is -2.42. The molecule has 0 heterocycles. The number of benzene rings is 1. The van der Waals surface area contributed by atoms with Crippen LogP contribution >= 0.6 is 0 Å². The molecule has 5 heteroatoms. The second-order valence-electron chi connectivity index (χ2n) is 5.78. The second kappa shape index (κ2) is 7.31. The number of hydrogen-bond donors (Lipinski definition) is 3. The van der Waals surface area contributed by atoms with Gasteiger partial charge in [0.1, 0.15) is 5.75 Å². The van der Waals surface area contributed by atoms with Gasteiger partial charge in [-0.05, 0) is 44.2 Å². The number of amides is 2. The summed E-state index contributed by atoms with van der Waals surface area (Å²) in [6, 6.07) is 5.45. The van der Waals surface area contributed by atoms with E-state index >= 15 is 0 Å². The van der Waals surface area contributed by atoms with Crippen molar-refractivity contribution in [1.29, 1.82) is 0 Å². The number of rotatable bonds is 7. The maximum atomic E-state index is 11.7. The Kier molecular flexibility index (Phi) is 5.44. The molecule has 0 aliphatic heterocycles. The molecule has 1 unspecified atom stereocenters. The van der Waals surface area contributed by atoms with E-state index in [1.807, 2.05) is 25.1 Å². The Morgan fingerprint density at radius 3 is 2.90 bits per heavy atom. The monoisotopic (exact) mass is 292 g/mol. The third-order valence-electron chi connectivity index (χ3n) is 3.48. The van der Waals surface area contributed by atoms with E-state index in [0.29, 0.717) is 12.5 Å². The largest absolute Gasteiger partial charge is 0.493 e. The Morgan fingerprint density at radius 1 is 1.48 bits per heavy atom. The first-order chi connectivity index (χ1) is 10.1. The summed E-state index contributed by atoms with van der Waals surface area (Å²) in [5.74, 6) is 1.54. The minimum Gasteiger partial charge on any atom is -0.493 e. The van der Waals surface area contributed by atoms with E-state index in [2.05, 4.69) is 10.6 Å². The van der Waals surface area contributed by atoms with Gasteiger partial charge < -0.3 is 20.5 Å². The molecule has 0 spiro atoms. The van der Waals surface area contributed by atoms with Crippen LogP contribution in [0.3, 0.4) is 0 Å². The fourth-order valence-electron chi connectivity index (χ4n) is 1.93. The average Bonchev–Trinajstić information content (AvgIpc) is 3.28. The van der Waals surface area contributed by atoms with Crippen LogP contribution in [0.2, 0.25) is 0 Å². The maximum absolute atomic E-state index is 11.7. The molecule has 0 radical (unpaired) electrons. The van der Waals surface area contributed by atoms with E-state index in [1.165, 1.54) is 12.8 Å². The lowest BCUT2D eigenvalue weighted by Gasteiger charge is -2.15. The summed E-state index contributed by atoms with van der Waals surface area (Å²) >= 11 is 0. The van der Waals surface area contributed by atoms with Crippen molar-refractivity contribution in [1.82, 2.24) is 10.6 Å². The molecule has 1 fully saturated rings. The number of aryl methyl sites for hydroxylation is 1. The molecule has 1 atom stereocenters. The molecular formula is C16H24N2O3. The van der Waals surface area contributed by atoms with Gasteiger partial charge in [0.25, 0.3) is 0 Å². The standard InChI is InChI=1S/C16H24N2O3/c1-11-3-6-14(8-17-16(20)18-12(2)9-19)15(7-11)21-10-13-4-5-13/h3,6-7,12-13,19H,4-5,8-10H2,1-2H3,(H2,17,18,20). The SMILES string of the molecule is Cc1ccc(CNC(=O)NC(C)CO)c(OCC2CC2)c1. The quantitative estimate of drug-likeness (QED) is 0.719. The first-order valence-corrected chi connectivity index (χ1v) is 7.46. The van der Waals surface area contributed by atoms with Gasteiger partial charge in [-0.2, -0.15) is 0 Å². The number of carbonyl (C=O) groups excluding carboxylic acids is 1. The Labute approximate surface area is 125 Å². The summed E-state index contributed by atoms with van der Waals surface area (Å²) < 4.78 is 5.86. The van der Waals surface area contributed by atoms with Crippen molar-refractivity contribution < 1.29 is 14.6 Å². The van der Waals surface area contributed by atoms with E-state index in [0.717, 1.165) is 23.5 Å². The van der Waals surface area contributed by atoms with Crippen LogP contribution in [0, 0.1) is 12.8 Å². The van der Waals surface area contributed by atoms with Gasteiger partial charge in [0.2, 0.25) is 0 Å². The average molecular weight is 292 g/mol. The van der Waals surface area contributed by atoms with Gasteiger partial charge in [-0.25, -0.2) is 4.79 Å². The lowest BCUT2D eigenvalue weighted by atomic mass is 10.1. The normalized spacial score (nSPS) is 15.4. The predicted octanol–water partition coefficient (Wildman–Crippen LogP) is 1.96. The number of ether oxygens (including phenoxy) is 1. The molecular weight excluding hydrogens is 268 g/mol. The van der Waals surface area contributed by atoms with E-state index in [9.17, 15) is 4.79 Å². The third kappa shape index (κ3) is 5.27. The van der Waals surface area contributed by atoms with Gasteiger partial charge in [-0.3, -0.25) is 0 Å². The zero-order valence-corrected chi connectivity index (χ0v) is 12.7. The highest BCUT2D eigenvalue weighted by Gasteiger charge is 2.22. The molecule has 2 amide bonds. The molecule has 0 saturated heterocycles. The van der Waals surface area contributed by atoms with Crippen LogP contribution in [-0.2, 0) is 6.54 Å². The summed E-state index contributed by atoms with van der Waals surface area (Å²) in [6.07, 6.45) is 2.50. The van der Waals surface area contributed by atoms with Gasteiger partial charge in [0.05, 0.1) is 19.3 Å². The molecule has 2 rings (SSSR count). The Bertz CT molecular complexity index is 486. The van der Waals surface area contributed by atoms with E-state index in [4.69, 9.17) is 9.84 Å². The molecule has 1 aliphatic rings. The Morgan fingerprint density at radius 2 is 2.24 bits per heavy atom.